The number of aromatic nitrogens is 4. The highest BCUT2D eigenvalue weighted by molar-refractivity contribution is 7.89. The number of methoxy groups -OCH3 is 1. The van der Waals surface area contributed by atoms with Gasteiger partial charge in [0.25, 0.3) is 0 Å². The van der Waals surface area contributed by atoms with E-state index in [0.29, 0.717) is 43.4 Å². The summed E-state index contributed by atoms with van der Waals surface area (Å²) in [5.41, 5.74) is 2.90. The summed E-state index contributed by atoms with van der Waals surface area (Å²) in [6.45, 7) is 6.53. The molecule has 10 heteroatoms. The van der Waals surface area contributed by atoms with E-state index in [1.54, 1.807) is 28.2 Å². The van der Waals surface area contributed by atoms with Crippen LogP contribution in [0.2, 0.25) is 0 Å². The first-order valence-corrected chi connectivity index (χ1v) is 11.5. The Labute approximate surface area is 182 Å². The summed E-state index contributed by atoms with van der Waals surface area (Å²) >= 11 is 0. The molecule has 0 spiro atoms. The van der Waals surface area contributed by atoms with Crippen LogP contribution in [0.15, 0.2) is 47.4 Å². The van der Waals surface area contributed by atoms with Gasteiger partial charge in [0.05, 0.1) is 24.2 Å². The molecular weight excluding hydrogens is 416 g/mol. The number of hydrogen-bond donors (Lipinski definition) is 0. The van der Waals surface area contributed by atoms with E-state index in [4.69, 9.17) is 4.74 Å². The highest BCUT2D eigenvalue weighted by Crippen LogP contribution is 2.21. The second-order valence-corrected chi connectivity index (χ2v) is 9.57. The summed E-state index contributed by atoms with van der Waals surface area (Å²) in [4.78, 5) is 2.52. The Hall–Kier alpha value is -2.82. The summed E-state index contributed by atoms with van der Waals surface area (Å²) in [5.74, 6) is 1.47. The Bertz CT molecular complexity index is 1150. The maximum absolute atomic E-state index is 13.0. The third kappa shape index (κ3) is 4.46. The predicted octanol–water partition coefficient (Wildman–Crippen LogP) is 1.79. The molecule has 31 heavy (non-hydrogen) atoms. The monoisotopic (exact) mass is 442 g/mol. The van der Waals surface area contributed by atoms with Gasteiger partial charge in [-0.25, -0.2) is 8.42 Å². The number of rotatable bonds is 6. The predicted molar refractivity (Wildman–Crippen MR) is 116 cm³/mol. The van der Waals surface area contributed by atoms with Gasteiger partial charge in [0.15, 0.2) is 5.82 Å². The fourth-order valence-corrected chi connectivity index (χ4v) is 5.09. The van der Waals surface area contributed by atoms with Crippen LogP contribution in [0.5, 0.6) is 5.75 Å². The van der Waals surface area contributed by atoms with E-state index in [-0.39, 0.29) is 0 Å². The van der Waals surface area contributed by atoms with Gasteiger partial charge in [0.1, 0.15) is 5.75 Å². The zero-order chi connectivity index (χ0) is 22.0. The molecule has 1 aliphatic rings. The molecule has 0 atom stereocenters. The normalized spacial score (nSPS) is 15.8. The summed E-state index contributed by atoms with van der Waals surface area (Å²) < 4.78 is 34.5. The van der Waals surface area contributed by atoms with Gasteiger partial charge in [0.2, 0.25) is 10.0 Å². The Morgan fingerprint density at radius 3 is 2.32 bits per heavy atom. The second kappa shape index (κ2) is 8.74. The Morgan fingerprint density at radius 1 is 0.968 bits per heavy atom. The lowest BCUT2D eigenvalue weighted by molar-refractivity contribution is 0.177. The molecule has 164 valence electrons. The highest BCUT2D eigenvalue weighted by atomic mass is 32.2. The number of nitrogens with zero attached hydrogens (tertiary/aromatic N) is 6. The van der Waals surface area contributed by atoms with Crippen molar-refractivity contribution in [1.82, 2.24) is 29.4 Å². The molecule has 0 N–H and O–H groups in total. The Morgan fingerprint density at radius 2 is 1.68 bits per heavy atom. The van der Waals surface area contributed by atoms with E-state index in [1.807, 2.05) is 44.2 Å². The fourth-order valence-electron chi connectivity index (χ4n) is 3.58. The first-order valence-electron chi connectivity index (χ1n) is 10.1. The van der Waals surface area contributed by atoms with Crippen LogP contribution in [0, 0.1) is 13.8 Å². The van der Waals surface area contributed by atoms with Crippen molar-refractivity contribution < 1.29 is 13.2 Å². The number of piperazine rings is 1. The minimum atomic E-state index is -3.50. The van der Waals surface area contributed by atoms with Crippen LogP contribution in [0.4, 0.5) is 0 Å². The molecule has 4 rings (SSSR count). The largest absolute Gasteiger partial charge is 0.497 e. The topological polar surface area (TPSA) is 93.4 Å². The van der Waals surface area contributed by atoms with Gasteiger partial charge in [-0.05, 0) is 71.8 Å². The molecule has 0 aliphatic carbocycles. The maximum Gasteiger partial charge on any atom is 0.243 e. The van der Waals surface area contributed by atoms with Crippen molar-refractivity contribution in [3.8, 4) is 11.4 Å². The fraction of sp³-hybridized carbons (Fsp3) is 0.381. The number of hydrogen-bond acceptors (Lipinski definition) is 7. The SMILES string of the molecule is COc1ccc(-n2nnnc2CN2CCN(S(=O)(=O)c3ccc(C)c(C)c3)CC2)cc1. The van der Waals surface area contributed by atoms with Crippen LogP contribution in [0.1, 0.15) is 17.0 Å². The number of aryl methyl sites for hydroxylation is 2. The van der Waals surface area contributed by atoms with Gasteiger partial charge in [-0.15, -0.1) is 5.10 Å². The lowest BCUT2D eigenvalue weighted by Gasteiger charge is -2.33. The van der Waals surface area contributed by atoms with Gasteiger partial charge >= 0.3 is 0 Å². The van der Waals surface area contributed by atoms with Crippen LogP contribution >= 0.6 is 0 Å². The molecule has 1 fully saturated rings. The summed E-state index contributed by atoms with van der Waals surface area (Å²) in [6, 6.07) is 12.8. The third-order valence-electron chi connectivity index (χ3n) is 5.66. The van der Waals surface area contributed by atoms with Crippen molar-refractivity contribution in [3.63, 3.8) is 0 Å². The maximum atomic E-state index is 13.0. The van der Waals surface area contributed by atoms with Crippen molar-refractivity contribution in [2.75, 3.05) is 33.3 Å². The zero-order valence-corrected chi connectivity index (χ0v) is 18.7. The van der Waals surface area contributed by atoms with Crippen LogP contribution in [0.3, 0.4) is 0 Å². The molecule has 1 saturated heterocycles. The molecule has 0 amide bonds. The lowest BCUT2D eigenvalue weighted by atomic mass is 10.1. The van der Waals surface area contributed by atoms with Crippen molar-refractivity contribution in [3.05, 3.63) is 59.4 Å². The van der Waals surface area contributed by atoms with Crippen LogP contribution in [0.25, 0.3) is 5.69 Å². The average molecular weight is 443 g/mol. The second-order valence-electron chi connectivity index (χ2n) is 7.63. The molecule has 2 aromatic carbocycles. The van der Waals surface area contributed by atoms with Gasteiger partial charge in [-0.2, -0.15) is 8.99 Å². The third-order valence-corrected chi connectivity index (χ3v) is 7.56. The van der Waals surface area contributed by atoms with Crippen LogP contribution in [-0.4, -0.2) is 71.1 Å². The Kier molecular flexibility index (Phi) is 6.03. The smallest absolute Gasteiger partial charge is 0.243 e. The Balaban J connectivity index is 1.42. The van der Waals surface area contributed by atoms with Gasteiger partial charge < -0.3 is 4.74 Å². The minimum absolute atomic E-state index is 0.354. The molecule has 0 saturated carbocycles. The van der Waals surface area contributed by atoms with Crippen LogP contribution < -0.4 is 4.74 Å². The molecule has 0 unspecified atom stereocenters. The van der Waals surface area contributed by atoms with Gasteiger partial charge in [-0.1, -0.05) is 6.07 Å². The number of tetrazole rings is 1. The molecule has 1 aliphatic heterocycles. The first-order chi connectivity index (χ1) is 14.9. The van der Waals surface area contributed by atoms with E-state index in [2.05, 4.69) is 20.4 Å². The molecule has 0 bridgehead atoms. The van der Waals surface area contributed by atoms with Crippen molar-refractivity contribution in [2.24, 2.45) is 0 Å². The molecule has 3 aromatic rings. The van der Waals surface area contributed by atoms with Gasteiger partial charge in [-0.3, -0.25) is 4.90 Å². The number of sulfonamides is 1. The lowest BCUT2D eigenvalue weighted by Crippen LogP contribution is -2.48. The molecule has 9 nitrogen and oxygen atoms in total. The minimum Gasteiger partial charge on any atom is -0.497 e. The van der Waals surface area contributed by atoms with E-state index >= 15 is 0 Å². The van der Waals surface area contributed by atoms with E-state index < -0.39 is 10.0 Å². The van der Waals surface area contributed by atoms with Crippen molar-refractivity contribution >= 4 is 10.0 Å². The van der Waals surface area contributed by atoms with E-state index in [0.717, 1.165) is 22.6 Å². The standard InChI is InChI=1S/C21H26N6O3S/c1-16-4-9-20(14-17(16)2)31(28,29)26-12-10-25(11-13-26)15-21-22-23-24-27(21)18-5-7-19(30-3)8-6-18/h4-9,14H,10-13,15H2,1-3H3. The highest BCUT2D eigenvalue weighted by Gasteiger charge is 2.29. The van der Waals surface area contributed by atoms with E-state index in [1.165, 1.54) is 0 Å². The number of benzene rings is 2. The molecular formula is C21H26N6O3S. The van der Waals surface area contributed by atoms with Crippen molar-refractivity contribution in [1.29, 1.82) is 0 Å². The van der Waals surface area contributed by atoms with Gasteiger partial charge in [0, 0.05) is 26.2 Å². The van der Waals surface area contributed by atoms with E-state index in [9.17, 15) is 8.42 Å². The summed E-state index contributed by atoms with van der Waals surface area (Å²) in [7, 11) is -1.87. The molecule has 0 radical (unpaired) electrons. The number of ether oxygens (including phenoxy) is 1. The summed E-state index contributed by atoms with van der Waals surface area (Å²) in [6.07, 6.45) is 0. The first kappa shape index (κ1) is 21.4. The quantitative estimate of drug-likeness (QED) is 0.575. The summed E-state index contributed by atoms with van der Waals surface area (Å²) in [5, 5.41) is 12.1. The van der Waals surface area contributed by atoms with Crippen molar-refractivity contribution in [2.45, 2.75) is 25.3 Å². The van der Waals surface area contributed by atoms with Crippen LogP contribution in [-0.2, 0) is 16.6 Å². The zero-order valence-electron chi connectivity index (χ0n) is 17.9. The average Bonchev–Trinajstić information content (AvgIpc) is 3.24. The molecule has 1 aromatic heterocycles. The molecule has 2 heterocycles.